The van der Waals surface area contributed by atoms with Crippen molar-refractivity contribution in [2.45, 2.75) is 76.4 Å². The van der Waals surface area contributed by atoms with Crippen molar-refractivity contribution in [2.75, 3.05) is 6.61 Å². The van der Waals surface area contributed by atoms with Gasteiger partial charge in [0.15, 0.2) is 0 Å². The van der Waals surface area contributed by atoms with Gasteiger partial charge < -0.3 is 10.1 Å². The van der Waals surface area contributed by atoms with E-state index in [1.165, 1.54) is 0 Å². The minimum atomic E-state index is -4.26. The lowest BCUT2D eigenvalue weighted by molar-refractivity contribution is -0.186. The Balaban J connectivity index is 2.05. The Bertz CT molecular complexity index is 458. The summed E-state index contributed by atoms with van der Waals surface area (Å²) in [5.41, 5.74) is -1.06. The molecule has 0 heterocycles. The van der Waals surface area contributed by atoms with E-state index < -0.39 is 35.4 Å². The number of carbonyl (C=O) groups excluding carboxylic acids is 2. The molecule has 2 aliphatic rings. The molecule has 4 nitrogen and oxygen atoms in total. The van der Waals surface area contributed by atoms with Gasteiger partial charge in [-0.1, -0.05) is 25.7 Å². The Labute approximate surface area is 140 Å². The average Bonchev–Trinajstić information content (AvgIpc) is 2.55. The normalized spacial score (nSPS) is 27.3. The Morgan fingerprint density at radius 1 is 1.12 bits per heavy atom. The van der Waals surface area contributed by atoms with Crippen molar-refractivity contribution in [3.63, 3.8) is 0 Å². The van der Waals surface area contributed by atoms with E-state index in [0.29, 0.717) is 25.7 Å². The molecule has 2 atom stereocenters. The molecule has 0 bridgehead atoms. The van der Waals surface area contributed by atoms with Gasteiger partial charge in [-0.3, -0.25) is 4.79 Å². The predicted octanol–water partition coefficient (Wildman–Crippen LogP) is 3.74. The third-order valence-electron chi connectivity index (χ3n) is 5.24. The first-order valence-corrected chi connectivity index (χ1v) is 8.84. The van der Waals surface area contributed by atoms with Crippen molar-refractivity contribution >= 4 is 11.9 Å². The summed E-state index contributed by atoms with van der Waals surface area (Å²) in [6.07, 6.45) is 0.0274. The van der Waals surface area contributed by atoms with Crippen LogP contribution < -0.4 is 5.32 Å². The molecule has 0 aromatic rings. The van der Waals surface area contributed by atoms with Gasteiger partial charge >= 0.3 is 12.1 Å². The van der Waals surface area contributed by atoms with Crippen LogP contribution in [0.5, 0.6) is 0 Å². The average molecular weight is 349 g/mol. The molecule has 0 aromatic heterocycles. The molecular formula is C17H26F3NO3. The number of hydrogen-bond donors (Lipinski definition) is 1. The first-order valence-electron chi connectivity index (χ1n) is 8.84. The van der Waals surface area contributed by atoms with Crippen molar-refractivity contribution in [1.29, 1.82) is 0 Å². The molecular weight excluding hydrogens is 323 g/mol. The van der Waals surface area contributed by atoms with Gasteiger partial charge in [-0.2, -0.15) is 13.2 Å². The Morgan fingerprint density at radius 2 is 1.79 bits per heavy atom. The molecule has 2 fully saturated rings. The molecule has 2 aliphatic carbocycles. The summed E-state index contributed by atoms with van der Waals surface area (Å²) in [6, 6.07) is 0. The van der Waals surface area contributed by atoms with Gasteiger partial charge in [0.05, 0.1) is 12.5 Å². The van der Waals surface area contributed by atoms with Crippen molar-refractivity contribution in [3.8, 4) is 0 Å². The smallest absolute Gasteiger partial charge is 0.391 e. The van der Waals surface area contributed by atoms with Crippen molar-refractivity contribution < 1.29 is 27.5 Å². The van der Waals surface area contributed by atoms with Crippen molar-refractivity contribution in [2.24, 2.45) is 11.8 Å². The lowest BCUT2D eigenvalue weighted by Gasteiger charge is -2.38. The lowest BCUT2D eigenvalue weighted by Crippen LogP contribution is -2.58. The summed E-state index contributed by atoms with van der Waals surface area (Å²) < 4.78 is 43.9. The molecule has 0 aliphatic heterocycles. The molecule has 2 unspecified atom stereocenters. The lowest BCUT2D eigenvalue weighted by atomic mass is 9.78. The quantitative estimate of drug-likeness (QED) is 0.787. The van der Waals surface area contributed by atoms with Crippen LogP contribution in [-0.2, 0) is 14.3 Å². The maximum absolute atomic E-state index is 12.9. The SMILES string of the molecule is CCOC(=O)C1(NC(=O)C2CCCC(C(F)(F)F)C2)CCCCC1. The second-order valence-electron chi connectivity index (χ2n) is 6.95. The highest BCUT2D eigenvalue weighted by Crippen LogP contribution is 2.40. The van der Waals surface area contributed by atoms with Crippen LogP contribution in [0.2, 0.25) is 0 Å². The number of ether oxygens (including phenoxy) is 1. The zero-order valence-electron chi connectivity index (χ0n) is 14.1. The summed E-state index contributed by atoms with van der Waals surface area (Å²) >= 11 is 0. The first-order chi connectivity index (χ1) is 11.3. The van der Waals surface area contributed by atoms with E-state index in [1.54, 1.807) is 6.92 Å². The highest BCUT2D eigenvalue weighted by molar-refractivity contribution is 5.89. The largest absolute Gasteiger partial charge is 0.464 e. The van der Waals surface area contributed by atoms with Gasteiger partial charge in [0.2, 0.25) is 5.91 Å². The van der Waals surface area contributed by atoms with E-state index in [9.17, 15) is 22.8 Å². The number of nitrogens with one attached hydrogen (secondary N) is 1. The number of rotatable bonds is 4. The second-order valence-corrected chi connectivity index (χ2v) is 6.95. The fourth-order valence-corrected chi connectivity index (χ4v) is 3.87. The fourth-order valence-electron chi connectivity index (χ4n) is 3.87. The summed E-state index contributed by atoms with van der Waals surface area (Å²) in [4.78, 5) is 24.9. The zero-order valence-corrected chi connectivity index (χ0v) is 14.1. The molecule has 2 rings (SSSR count). The summed E-state index contributed by atoms with van der Waals surface area (Å²) in [5.74, 6) is -2.99. The molecule has 0 radical (unpaired) electrons. The molecule has 1 N–H and O–H groups in total. The van der Waals surface area contributed by atoms with Crippen LogP contribution in [0.3, 0.4) is 0 Å². The van der Waals surface area contributed by atoms with Crippen LogP contribution in [0.15, 0.2) is 0 Å². The molecule has 1 amide bonds. The highest BCUT2D eigenvalue weighted by atomic mass is 19.4. The van der Waals surface area contributed by atoms with Crippen molar-refractivity contribution in [3.05, 3.63) is 0 Å². The number of amides is 1. The summed E-state index contributed by atoms with van der Waals surface area (Å²) in [6.45, 7) is 1.92. The maximum Gasteiger partial charge on any atom is 0.391 e. The maximum atomic E-state index is 12.9. The van der Waals surface area contributed by atoms with Gasteiger partial charge in [0.25, 0.3) is 0 Å². The van der Waals surface area contributed by atoms with Crippen LogP contribution in [0, 0.1) is 11.8 Å². The third-order valence-corrected chi connectivity index (χ3v) is 5.24. The summed E-state index contributed by atoms with van der Waals surface area (Å²) in [7, 11) is 0. The van der Waals surface area contributed by atoms with Gasteiger partial charge in [-0.25, -0.2) is 4.79 Å². The van der Waals surface area contributed by atoms with Crippen LogP contribution in [0.25, 0.3) is 0 Å². The number of carbonyl (C=O) groups is 2. The second kappa shape index (κ2) is 7.74. The molecule has 0 spiro atoms. The number of esters is 1. The van der Waals surface area contributed by atoms with E-state index in [2.05, 4.69) is 5.32 Å². The monoisotopic (exact) mass is 349 g/mol. The number of halogens is 3. The van der Waals surface area contributed by atoms with E-state index in [-0.39, 0.29) is 19.4 Å². The minimum absolute atomic E-state index is 0.0797. The predicted molar refractivity (Wildman–Crippen MR) is 82.1 cm³/mol. The number of hydrogen-bond acceptors (Lipinski definition) is 3. The van der Waals surface area contributed by atoms with Gasteiger partial charge in [0, 0.05) is 5.92 Å². The van der Waals surface area contributed by atoms with Crippen LogP contribution in [-0.4, -0.2) is 30.2 Å². The molecule has 24 heavy (non-hydrogen) atoms. The molecule has 0 aromatic carbocycles. The highest BCUT2D eigenvalue weighted by Gasteiger charge is 2.46. The van der Waals surface area contributed by atoms with Gasteiger partial charge in [0.1, 0.15) is 5.54 Å². The molecule has 2 saturated carbocycles. The fraction of sp³-hybridized carbons (Fsp3) is 0.882. The van der Waals surface area contributed by atoms with E-state index in [1.807, 2.05) is 0 Å². The van der Waals surface area contributed by atoms with Gasteiger partial charge in [-0.05, 0) is 39.0 Å². The minimum Gasteiger partial charge on any atom is -0.464 e. The topological polar surface area (TPSA) is 55.4 Å². The summed E-state index contributed by atoms with van der Waals surface area (Å²) in [5, 5.41) is 2.78. The van der Waals surface area contributed by atoms with E-state index in [4.69, 9.17) is 4.74 Å². The van der Waals surface area contributed by atoms with Gasteiger partial charge in [-0.15, -0.1) is 0 Å². The van der Waals surface area contributed by atoms with E-state index >= 15 is 0 Å². The standard InChI is InChI=1S/C17H26F3NO3/c1-2-24-15(23)16(9-4-3-5-10-16)21-14(22)12-7-6-8-13(11-12)17(18,19)20/h12-13H,2-11H2,1H3,(H,21,22). The molecule has 0 saturated heterocycles. The molecule has 138 valence electrons. The van der Waals surface area contributed by atoms with Crippen LogP contribution in [0.1, 0.15) is 64.7 Å². The Kier molecular flexibility index (Phi) is 6.15. The Morgan fingerprint density at radius 3 is 2.38 bits per heavy atom. The van der Waals surface area contributed by atoms with Crippen LogP contribution in [0.4, 0.5) is 13.2 Å². The Hall–Kier alpha value is -1.27. The number of alkyl halides is 3. The first kappa shape index (κ1) is 19.1. The third kappa shape index (κ3) is 4.42. The van der Waals surface area contributed by atoms with Crippen LogP contribution >= 0.6 is 0 Å². The van der Waals surface area contributed by atoms with Crippen molar-refractivity contribution in [1.82, 2.24) is 5.32 Å². The zero-order chi connectivity index (χ0) is 17.8. The molecule has 7 heteroatoms. The van der Waals surface area contributed by atoms with E-state index in [0.717, 1.165) is 19.3 Å².